The predicted molar refractivity (Wildman–Crippen MR) is 74.1 cm³/mol. The molecule has 0 unspecified atom stereocenters. The summed E-state index contributed by atoms with van der Waals surface area (Å²) in [7, 11) is 4.79. The van der Waals surface area contributed by atoms with Crippen LogP contribution in [-0.4, -0.2) is 26.3 Å². The molecule has 0 bridgehead atoms. The first-order chi connectivity index (χ1) is 9.19. The average Bonchev–Trinajstić information content (AvgIpc) is 2.45. The molecular formula is C15H17NO3. The van der Waals surface area contributed by atoms with Gasteiger partial charge in [-0.3, -0.25) is 4.98 Å². The van der Waals surface area contributed by atoms with Crippen LogP contribution in [0, 0.1) is 6.92 Å². The molecule has 100 valence electrons. The molecule has 0 atom stereocenters. The van der Waals surface area contributed by atoms with Crippen LogP contribution < -0.4 is 14.2 Å². The molecule has 0 aliphatic carbocycles. The fraction of sp³-hybridized carbons (Fsp3) is 0.267. The van der Waals surface area contributed by atoms with Crippen molar-refractivity contribution in [2.24, 2.45) is 0 Å². The Kier molecular flexibility index (Phi) is 3.90. The molecule has 4 nitrogen and oxygen atoms in total. The number of hydrogen-bond donors (Lipinski definition) is 0. The van der Waals surface area contributed by atoms with Gasteiger partial charge in [-0.2, -0.15) is 0 Å². The van der Waals surface area contributed by atoms with Gasteiger partial charge in [-0.05, 0) is 31.2 Å². The van der Waals surface area contributed by atoms with Crippen LogP contribution >= 0.6 is 0 Å². The Morgan fingerprint density at radius 1 is 0.895 bits per heavy atom. The van der Waals surface area contributed by atoms with Gasteiger partial charge in [-0.1, -0.05) is 6.07 Å². The third kappa shape index (κ3) is 2.62. The van der Waals surface area contributed by atoms with Crippen molar-refractivity contribution in [2.75, 3.05) is 21.3 Å². The zero-order chi connectivity index (χ0) is 13.8. The average molecular weight is 259 g/mol. The molecular weight excluding hydrogens is 242 g/mol. The number of nitrogens with zero attached hydrogens (tertiary/aromatic N) is 1. The second-order valence-electron chi connectivity index (χ2n) is 4.08. The molecule has 0 amide bonds. The first-order valence-electron chi connectivity index (χ1n) is 5.93. The van der Waals surface area contributed by atoms with Crippen molar-refractivity contribution < 1.29 is 14.2 Å². The first kappa shape index (κ1) is 13.2. The molecule has 2 aromatic rings. The van der Waals surface area contributed by atoms with E-state index in [1.165, 1.54) is 0 Å². The number of pyridine rings is 1. The quantitative estimate of drug-likeness (QED) is 0.846. The summed E-state index contributed by atoms with van der Waals surface area (Å²) in [6.45, 7) is 1.96. The number of methoxy groups -OCH3 is 3. The first-order valence-corrected chi connectivity index (χ1v) is 5.93. The maximum atomic E-state index is 5.34. The van der Waals surface area contributed by atoms with E-state index in [1.807, 2.05) is 37.3 Å². The minimum Gasteiger partial charge on any atom is -0.493 e. The molecule has 2 rings (SSSR count). The van der Waals surface area contributed by atoms with Crippen LogP contribution in [0.15, 0.2) is 30.3 Å². The third-order valence-electron chi connectivity index (χ3n) is 2.85. The number of aromatic nitrogens is 1. The fourth-order valence-electron chi connectivity index (χ4n) is 1.93. The summed E-state index contributed by atoms with van der Waals surface area (Å²) in [6.07, 6.45) is 0. The van der Waals surface area contributed by atoms with Gasteiger partial charge in [-0.25, -0.2) is 0 Å². The Morgan fingerprint density at radius 2 is 1.53 bits per heavy atom. The second kappa shape index (κ2) is 5.61. The third-order valence-corrected chi connectivity index (χ3v) is 2.85. The highest BCUT2D eigenvalue weighted by Gasteiger charge is 2.14. The summed E-state index contributed by atoms with van der Waals surface area (Å²) in [5.41, 5.74) is 2.77. The number of rotatable bonds is 4. The zero-order valence-corrected chi connectivity index (χ0v) is 11.6. The largest absolute Gasteiger partial charge is 0.493 e. The summed E-state index contributed by atoms with van der Waals surface area (Å²) in [5, 5.41) is 0. The maximum Gasteiger partial charge on any atom is 0.203 e. The van der Waals surface area contributed by atoms with E-state index in [-0.39, 0.29) is 0 Å². The molecule has 1 aromatic carbocycles. The summed E-state index contributed by atoms with van der Waals surface area (Å²) in [6, 6.07) is 9.67. The SMILES string of the molecule is COc1cc(-c2cccc(C)n2)cc(OC)c1OC. The highest BCUT2D eigenvalue weighted by molar-refractivity contribution is 5.68. The molecule has 0 saturated heterocycles. The van der Waals surface area contributed by atoms with Gasteiger partial charge in [0.15, 0.2) is 11.5 Å². The van der Waals surface area contributed by atoms with Crippen LogP contribution in [0.25, 0.3) is 11.3 Å². The van der Waals surface area contributed by atoms with E-state index in [9.17, 15) is 0 Å². The van der Waals surface area contributed by atoms with Crippen LogP contribution in [-0.2, 0) is 0 Å². The Morgan fingerprint density at radius 3 is 2.00 bits per heavy atom. The second-order valence-corrected chi connectivity index (χ2v) is 4.08. The van der Waals surface area contributed by atoms with E-state index in [0.717, 1.165) is 17.0 Å². The Balaban J connectivity index is 2.59. The molecule has 0 spiro atoms. The monoisotopic (exact) mass is 259 g/mol. The zero-order valence-electron chi connectivity index (χ0n) is 11.6. The normalized spacial score (nSPS) is 10.1. The van der Waals surface area contributed by atoms with Crippen molar-refractivity contribution in [1.29, 1.82) is 0 Å². The van der Waals surface area contributed by atoms with Crippen LogP contribution in [0.4, 0.5) is 0 Å². The lowest BCUT2D eigenvalue weighted by Crippen LogP contribution is -1.96. The fourth-order valence-corrected chi connectivity index (χ4v) is 1.93. The Hall–Kier alpha value is -2.23. The van der Waals surface area contributed by atoms with Gasteiger partial charge in [0.2, 0.25) is 5.75 Å². The standard InChI is InChI=1S/C15H17NO3/c1-10-6-5-7-12(16-10)11-8-13(17-2)15(19-4)14(9-11)18-3/h5-9H,1-4H3. The lowest BCUT2D eigenvalue weighted by molar-refractivity contribution is 0.324. The summed E-state index contributed by atoms with van der Waals surface area (Å²) in [5.74, 6) is 1.83. The van der Waals surface area contributed by atoms with E-state index >= 15 is 0 Å². The lowest BCUT2D eigenvalue weighted by atomic mass is 10.1. The van der Waals surface area contributed by atoms with Gasteiger partial charge >= 0.3 is 0 Å². The van der Waals surface area contributed by atoms with E-state index in [2.05, 4.69) is 4.98 Å². The van der Waals surface area contributed by atoms with Crippen molar-refractivity contribution in [1.82, 2.24) is 4.98 Å². The highest BCUT2D eigenvalue weighted by Crippen LogP contribution is 2.40. The molecule has 0 radical (unpaired) electrons. The number of ether oxygens (including phenoxy) is 3. The smallest absolute Gasteiger partial charge is 0.203 e. The number of benzene rings is 1. The maximum absolute atomic E-state index is 5.34. The number of hydrogen-bond acceptors (Lipinski definition) is 4. The summed E-state index contributed by atoms with van der Waals surface area (Å²) >= 11 is 0. The topological polar surface area (TPSA) is 40.6 Å². The van der Waals surface area contributed by atoms with Crippen molar-refractivity contribution >= 4 is 0 Å². The molecule has 1 aromatic heterocycles. The van der Waals surface area contributed by atoms with Crippen LogP contribution in [0.5, 0.6) is 17.2 Å². The van der Waals surface area contributed by atoms with Gasteiger partial charge < -0.3 is 14.2 Å². The predicted octanol–water partition coefficient (Wildman–Crippen LogP) is 3.08. The minimum absolute atomic E-state index is 0.585. The minimum atomic E-state index is 0.585. The summed E-state index contributed by atoms with van der Waals surface area (Å²) < 4.78 is 16.0. The van der Waals surface area contributed by atoms with Crippen LogP contribution in [0.2, 0.25) is 0 Å². The molecule has 0 aliphatic rings. The Labute approximate surface area is 113 Å². The molecule has 0 saturated carbocycles. The van der Waals surface area contributed by atoms with Gasteiger partial charge in [0.05, 0.1) is 27.0 Å². The molecule has 19 heavy (non-hydrogen) atoms. The summed E-state index contributed by atoms with van der Waals surface area (Å²) in [4.78, 5) is 4.50. The molecule has 1 heterocycles. The van der Waals surface area contributed by atoms with E-state index in [4.69, 9.17) is 14.2 Å². The van der Waals surface area contributed by atoms with Gasteiger partial charge in [0, 0.05) is 11.3 Å². The number of aryl methyl sites for hydroxylation is 1. The molecule has 0 fully saturated rings. The van der Waals surface area contributed by atoms with Crippen LogP contribution in [0.3, 0.4) is 0 Å². The highest BCUT2D eigenvalue weighted by atomic mass is 16.5. The van der Waals surface area contributed by atoms with E-state index in [1.54, 1.807) is 21.3 Å². The van der Waals surface area contributed by atoms with Crippen molar-refractivity contribution in [3.8, 4) is 28.5 Å². The van der Waals surface area contributed by atoms with Gasteiger partial charge in [-0.15, -0.1) is 0 Å². The Bertz CT molecular complexity index is 556. The molecule has 4 heteroatoms. The van der Waals surface area contributed by atoms with Gasteiger partial charge in [0.25, 0.3) is 0 Å². The van der Waals surface area contributed by atoms with Gasteiger partial charge in [0.1, 0.15) is 0 Å². The molecule has 0 aliphatic heterocycles. The van der Waals surface area contributed by atoms with Crippen molar-refractivity contribution in [3.05, 3.63) is 36.0 Å². The van der Waals surface area contributed by atoms with Crippen molar-refractivity contribution in [2.45, 2.75) is 6.92 Å². The van der Waals surface area contributed by atoms with Crippen LogP contribution in [0.1, 0.15) is 5.69 Å². The molecule has 0 N–H and O–H groups in total. The lowest BCUT2D eigenvalue weighted by Gasteiger charge is -2.14. The van der Waals surface area contributed by atoms with E-state index < -0.39 is 0 Å². The van der Waals surface area contributed by atoms with Crippen molar-refractivity contribution in [3.63, 3.8) is 0 Å². The van der Waals surface area contributed by atoms with E-state index in [0.29, 0.717) is 17.2 Å².